The third-order valence-electron chi connectivity index (χ3n) is 3.38. The fourth-order valence-electron chi connectivity index (χ4n) is 2.28. The highest BCUT2D eigenvalue weighted by atomic mass is 15.2. The lowest BCUT2D eigenvalue weighted by Gasteiger charge is -2.20. The van der Waals surface area contributed by atoms with Crippen molar-refractivity contribution in [2.75, 3.05) is 18.5 Å². The second-order valence-electron chi connectivity index (χ2n) is 5.05. The van der Waals surface area contributed by atoms with Gasteiger partial charge in [0.2, 0.25) is 0 Å². The van der Waals surface area contributed by atoms with Crippen molar-refractivity contribution in [1.29, 1.82) is 5.26 Å². The van der Waals surface area contributed by atoms with E-state index in [1.165, 1.54) is 5.56 Å². The van der Waals surface area contributed by atoms with Crippen LogP contribution in [0.3, 0.4) is 0 Å². The Morgan fingerprint density at radius 3 is 2.55 bits per heavy atom. The van der Waals surface area contributed by atoms with Crippen LogP contribution in [0, 0.1) is 25.2 Å². The number of anilines is 1. The quantitative estimate of drug-likeness (QED) is 0.852. The Morgan fingerprint density at radius 2 is 1.90 bits per heavy atom. The van der Waals surface area contributed by atoms with Crippen molar-refractivity contribution in [2.24, 2.45) is 0 Å². The number of aromatic nitrogens is 1. The van der Waals surface area contributed by atoms with E-state index in [-0.39, 0.29) is 0 Å². The van der Waals surface area contributed by atoms with E-state index in [9.17, 15) is 5.26 Å². The van der Waals surface area contributed by atoms with Gasteiger partial charge in [0.25, 0.3) is 0 Å². The minimum atomic E-state index is 0.672. The summed E-state index contributed by atoms with van der Waals surface area (Å²) >= 11 is 0. The summed E-state index contributed by atoms with van der Waals surface area (Å²) in [7, 11) is 1.99. The minimum absolute atomic E-state index is 0.672. The molecule has 2 aromatic rings. The molecule has 3 nitrogen and oxygen atoms in total. The van der Waals surface area contributed by atoms with Gasteiger partial charge in [-0.25, -0.2) is 4.98 Å². The molecule has 0 atom stereocenters. The Balaban J connectivity index is 2.17. The van der Waals surface area contributed by atoms with Crippen LogP contribution in [0.4, 0.5) is 5.82 Å². The van der Waals surface area contributed by atoms with Crippen LogP contribution in [0.2, 0.25) is 0 Å². The van der Waals surface area contributed by atoms with E-state index in [1.807, 2.05) is 45.2 Å². The molecule has 1 aromatic carbocycles. The molecule has 2 rings (SSSR count). The lowest BCUT2D eigenvalue weighted by Crippen LogP contribution is -2.23. The zero-order chi connectivity index (χ0) is 14.5. The van der Waals surface area contributed by atoms with Gasteiger partial charge in [0.1, 0.15) is 11.9 Å². The predicted octanol–water partition coefficient (Wildman–Crippen LogP) is 3.25. The van der Waals surface area contributed by atoms with Gasteiger partial charge in [-0.1, -0.05) is 30.3 Å². The van der Waals surface area contributed by atoms with E-state index < -0.39 is 0 Å². The van der Waals surface area contributed by atoms with Gasteiger partial charge in [0.05, 0.1) is 5.56 Å². The van der Waals surface area contributed by atoms with Gasteiger partial charge >= 0.3 is 0 Å². The molecule has 0 radical (unpaired) electrons. The van der Waals surface area contributed by atoms with Gasteiger partial charge in [0.15, 0.2) is 0 Å². The Bertz CT molecular complexity index is 627. The van der Waals surface area contributed by atoms with E-state index in [4.69, 9.17) is 0 Å². The first-order chi connectivity index (χ1) is 9.61. The van der Waals surface area contributed by atoms with Gasteiger partial charge in [-0.15, -0.1) is 0 Å². The average molecular weight is 265 g/mol. The summed E-state index contributed by atoms with van der Waals surface area (Å²) in [6, 6.07) is 14.6. The number of hydrogen-bond donors (Lipinski definition) is 0. The molecule has 0 aliphatic rings. The van der Waals surface area contributed by atoms with E-state index in [0.717, 1.165) is 30.0 Å². The van der Waals surface area contributed by atoms with Crippen LogP contribution in [-0.4, -0.2) is 18.6 Å². The topological polar surface area (TPSA) is 39.9 Å². The molecule has 0 aliphatic carbocycles. The molecule has 1 aromatic heterocycles. The highest BCUT2D eigenvalue weighted by Crippen LogP contribution is 2.21. The van der Waals surface area contributed by atoms with Crippen LogP contribution in [0.1, 0.15) is 22.4 Å². The summed E-state index contributed by atoms with van der Waals surface area (Å²) in [5.41, 5.74) is 3.90. The van der Waals surface area contributed by atoms with Crippen LogP contribution < -0.4 is 4.90 Å². The minimum Gasteiger partial charge on any atom is -0.358 e. The Kier molecular flexibility index (Phi) is 4.37. The van der Waals surface area contributed by atoms with E-state index in [0.29, 0.717) is 5.56 Å². The Hall–Kier alpha value is -2.34. The fourth-order valence-corrected chi connectivity index (χ4v) is 2.28. The molecule has 3 heteroatoms. The van der Waals surface area contributed by atoms with E-state index >= 15 is 0 Å². The van der Waals surface area contributed by atoms with Crippen LogP contribution >= 0.6 is 0 Å². The second-order valence-corrected chi connectivity index (χ2v) is 5.05. The number of hydrogen-bond acceptors (Lipinski definition) is 3. The molecule has 20 heavy (non-hydrogen) atoms. The summed E-state index contributed by atoms with van der Waals surface area (Å²) in [5.74, 6) is 0.779. The SMILES string of the molecule is Cc1cc(C)c(C#N)c(N(C)CCc2ccccc2)n1. The molecule has 0 fully saturated rings. The van der Waals surface area contributed by atoms with Crippen molar-refractivity contribution < 1.29 is 0 Å². The van der Waals surface area contributed by atoms with Crippen molar-refractivity contribution in [2.45, 2.75) is 20.3 Å². The number of likely N-dealkylation sites (N-methyl/N-ethyl adjacent to an activating group) is 1. The van der Waals surface area contributed by atoms with Crippen molar-refractivity contribution in [1.82, 2.24) is 4.98 Å². The van der Waals surface area contributed by atoms with Gasteiger partial charge < -0.3 is 4.90 Å². The standard InChI is InChI=1S/C17H19N3/c1-13-11-14(2)19-17(16(13)12-18)20(3)10-9-15-7-5-4-6-8-15/h4-8,11H,9-10H2,1-3H3. The molecular formula is C17H19N3. The van der Waals surface area contributed by atoms with Gasteiger partial charge in [-0.2, -0.15) is 5.26 Å². The maximum atomic E-state index is 9.31. The molecule has 0 saturated heterocycles. The lowest BCUT2D eigenvalue weighted by molar-refractivity contribution is 0.853. The summed E-state index contributed by atoms with van der Waals surface area (Å²) < 4.78 is 0. The first kappa shape index (κ1) is 14.1. The number of pyridine rings is 1. The van der Waals surface area contributed by atoms with Crippen molar-refractivity contribution in [3.05, 3.63) is 58.8 Å². The first-order valence-corrected chi connectivity index (χ1v) is 6.75. The molecule has 102 valence electrons. The van der Waals surface area contributed by atoms with Crippen LogP contribution in [-0.2, 0) is 6.42 Å². The number of nitriles is 1. The Labute approximate surface area is 120 Å². The van der Waals surface area contributed by atoms with Crippen molar-refractivity contribution in [3.63, 3.8) is 0 Å². The number of nitrogens with zero attached hydrogens (tertiary/aromatic N) is 3. The Morgan fingerprint density at radius 1 is 1.20 bits per heavy atom. The average Bonchev–Trinajstić information content (AvgIpc) is 2.45. The monoisotopic (exact) mass is 265 g/mol. The third-order valence-corrected chi connectivity index (χ3v) is 3.38. The highest BCUT2D eigenvalue weighted by molar-refractivity contribution is 5.57. The number of benzene rings is 1. The largest absolute Gasteiger partial charge is 0.358 e. The van der Waals surface area contributed by atoms with Crippen molar-refractivity contribution >= 4 is 5.82 Å². The van der Waals surface area contributed by atoms with E-state index in [1.54, 1.807) is 0 Å². The van der Waals surface area contributed by atoms with Gasteiger partial charge in [0, 0.05) is 19.3 Å². The molecular weight excluding hydrogens is 246 g/mol. The third kappa shape index (κ3) is 3.16. The maximum Gasteiger partial charge on any atom is 0.146 e. The molecule has 0 amide bonds. The van der Waals surface area contributed by atoms with Crippen LogP contribution in [0.15, 0.2) is 36.4 Å². The van der Waals surface area contributed by atoms with Gasteiger partial charge in [-0.05, 0) is 37.5 Å². The molecule has 0 bridgehead atoms. The molecule has 1 heterocycles. The zero-order valence-electron chi connectivity index (χ0n) is 12.2. The molecule has 0 spiro atoms. The molecule has 0 unspecified atom stereocenters. The van der Waals surface area contributed by atoms with E-state index in [2.05, 4.69) is 28.1 Å². The molecule has 0 aliphatic heterocycles. The summed E-state index contributed by atoms with van der Waals surface area (Å²) in [4.78, 5) is 6.58. The van der Waals surface area contributed by atoms with Crippen LogP contribution in [0.5, 0.6) is 0 Å². The fraction of sp³-hybridized carbons (Fsp3) is 0.294. The van der Waals surface area contributed by atoms with Crippen molar-refractivity contribution in [3.8, 4) is 6.07 Å². The van der Waals surface area contributed by atoms with Crippen LogP contribution in [0.25, 0.3) is 0 Å². The highest BCUT2D eigenvalue weighted by Gasteiger charge is 2.12. The smallest absolute Gasteiger partial charge is 0.146 e. The molecule has 0 saturated carbocycles. The zero-order valence-corrected chi connectivity index (χ0v) is 12.2. The maximum absolute atomic E-state index is 9.31. The second kappa shape index (κ2) is 6.21. The first-order valence-electron chi connectivity index (χ1n) is 6.75. The summed E-state index contributed by atoms with van der Waals surface area (Å²) in [6.45, 7) is 4.76. The predicted molar refractivity (Wildman–Crippen MR) is 81.8 cm³/mol. The normalized spacial score (nSPS) is 10.1. The number of aryl methyl sites for hydroxylation is 2. The lowest BCUT2D eigenvalue weighted by atomic mass is 10.1. The summed E-state index contributed by atoms with van der Waals surface area (Å²) in [5, 5.41) is 9.31. The van der Waals surface area contributed by atoms with Gasteiger partial charge in [-0.3, -0.25) is 0 Å². The molecule has 0 N–H and O–H groups in total. The number of rotatable bonds is 4. The summed E-state index contributed by atoms with van der Waals surface area (Å²) in [6.07, 6.45) is 0.941.